The molecule has 0 aliphatic heterocycles. The second-order valence-corrected chi connectivity index (χ2v) is 5.76. The number of esters is 1. The minimum Gasteiger partial charge on any atom is -0.423 e. The van der Waals surface area contributed by atoms with Gasteiger partial charge in [0.15, 0.2) is 0 Å². The van der Waals surface area contributed by atoms with E-state index in [0.717, 1.165) is 5.39 Å². The van der Waals surface area contributed by atoms with Crippen LogP contribution in [0.5, 0.6) is 5.75 Å². The molecule has 0 bridgehead atoms. The number of fused-ring (bicyclic) bond motifs is 3. The first-order valence-electron chi connectivity index (χ1n) is 7.96. The Bertz CT molecular complexity index is 1270. The van der Waals surface area contributed by atoms with E-state index in [1.807, 2.05) is 6.07 Å². The first kappa shape index (κ1) is 16.5. The van der Waals surface area contributed by atoms with Crippen molar-refractivity contribution in [3.8, 4) is 5.75 Å². The van der Waals surface area contributed by atoms with E-state index in [9.17, 15) is 19.7 Å². The van der Waals surface area contributed by atoms with Crippen molar-refractivity contribution in [1.82, 2.24) is 0 Å². The summed E-state index contributed by atoms with van der Waals surface area (Å²) >= 11 is 0. The molecule has 7 nitrogen and oxygen atoms in total. The third-order valence-electron chi connectivity index (χ3n) is 4.12. The van der Waals surface area contributed by atoms with Gasteiger partial charge in [-0.2, -0.15) is 0 Å². The molecule has 7 heteroatoms. The zero-order valence-electron chi connectivity index (χ0n) is 13.7. The molecule has 0 N–H and O–H groups in total. The van der Waals surface area contributed by atoms with Crippen molar-refractivity contribution in [3.05, 3.63) is 92.8 Å². The lowest BCUT2D eigenvalue weighted by molar-refractivity contribution is -0.385. The molecule has 0 aliphatic rings. The Labute approximate surface area is 151 Å². The van der Waals surface area contributed by atoms with Crippen molar-refractivity contribution in [3.63, 3.8) is 0 Å². The number of nitrogens with zero attached hydrogens (tertiary/aromatic N) is 1. The zero-order chi connectivity index (χ0) is 19.0. The Morgan fingerprint density at radius 3 is 2.41 bits per heavy atom. The summed E-state index contributed by atoms with van der Waals surface area (Å²) in [6, 6.07) is 17.2. The maximum absolute atomic E-state index is 12.3. The average Bonchev–Trinajstić information content (AvgIpc) is 2.68. The van der Waals surface area contributed by atoms with Crippen LogP contribution in [0.15, 0.2) is 75.9 Å². The first-order chi connectivity index (χ1) is 13.0. The Hall–Kier alpha value is -4.00. The van der Waals surface area contributed by atoms with Crippen molar-refractivity contribution in [2.45, 2.75) is 0 Å². The third kappa shape index (κ3) is 2.91. The molecule has 1 heterocycles. The topological polar surface area (TPSA) is 99.7 Å². The summed E-state index contributed by atoms with van der Waals surface area (Å²) in [6.07, 6.45) is 0. The van der Waals surface area contributed by atoms with Gasteiger partial charge in [-0.25, -0.2) is 9.59 Å². The number of carbonyl (C=O) groups excluding carboxylic acids is 1. The third-order valence-corrected chi connectivity index (χ3v) is 4.12. The van der Waals surface area contributed by atoms with Crippen molar-refractivity contribution < 1.29 is 18.9 Å². The second kappa shape index (κ2) is 6.38. The highest BCUT2D eigenvalue weighted by Gasteiger charge is 2.21. The molecule has 0 amide bonds. The lowest BCUT2D eigenvalue weighted by Gasteiger charge is -2.07. The van der Waals surface area contributed by atoms with Gasteiger partial charge in [-0.15, -0.1) is 0 Å². The van der Waals surface area contributed by atoms with Gasteiger partial charge < -0.3 is 9.15 Å². The average molecular weight is 361 g/mol. The monoisotopic (exact) mass is 361 g/mol. The van der Waals surface area contributed by atoms with Gasteiger partial charge in [0.1, 0.15) is 16.9 Å². The van der Waals surface area contributed by atoms with Crippen molar-refractivity contribution >= 4 is 33.4 Å². The van der Waals surface area contributed by atoms with Gasteiger partial charge in [0.05, 0.1) is 10.3 Å². The summed E-state index contributed by atoms with van der Waals surface area (Å²) in [7, 11) is 0. The molecule has 0 aliphatic carbocycles. The molecule has 132 valence electrons. The summed E-state index contributed by atoms with van der Waals surface area (Å²) in [5.74, 6) is -0.756. The Kier molecular flexibility index (Phi) is 3.89. The maximum Gasteiger partial charge on any atom is 0.350 e. The Balaban J connectivity index is 1.75. The minimum atomic E-state index is -0.871. The number of para-hydroxylation sites is 1. The Morgan fingerprint density at radius 2 is 1.63 bits per heavy atom. The molecular formula is C20H11NO6. The highest BCUT2D eigenvalue weighted by Crippen LogP contribution is 2.27. The van der Waals surface area contributed by atoms with E-state index in [-0.39, 0.29) is 22.6 Å². The van der Waals surface area contributed by atoms with E-state index >= 15 is 0 Å². The molecule has 1 aromatic heterocycles. The summed E-state index contributed by atoms with van der Waals surface area (Å²) in [4.78, 5) is 34.9. The van der Waals surface area contributed by atoms with Gasteiger partial charge in [0.25, 0.3) is 5.69 Å². The van der Waals surface area contributed by atoms with Crippen LogP contribution in [0, 0.1) is 10.1 Å². The maximum atomic E-state index is 12.3. The number of hydrogen-bond donors (Lipinski definition) is 0. The van der Waals surface area contributed by atoms with Crippen LogP contribution in [0.25, 0.3) is 21.7 Å². The highest BCUT2D eigenvalue weighted by molar-refractivity contribution is 6.04. The number of ether oxygens (including phenoxy) is 1. The van der Waals surface area contributed by atoms with Crippen LogP contribution in [0.3, 0.4) is 0 Å². The number of carbonyl (C=O) groups is 1. The normalized spacial score (nSPS) is 10.8. The van der Waals surface area contributed by atoms with Gasteiger partial charge in [-0.1, -0.05) is 30.3 Å². The van der Waals surface area contributed by atoms with Crippen molar-refractivity contribution in [2.24, 2.45) is 0 Å². The van der Waals surface area contributed by atoms with Gasteiger partial charge in [-0.3, -0.25) is 10.1 Å². The summed E-state index contributed by atoms with van der Waals surface area (Å²) in [5.41, 5.74) is -0.754. The van der Waals surface area contributed by atoms with Crippen molar-refractivity contribution in [1.29, 1.82) is 0 Å². The first-order valence-corrected chi connectivity index (χ1v) is 7.96. The standard InChI is InChI=1S/C20H11NO6/c22-19-15-6-2-1-5-13(15)14-10-9-12(11-18(14)27-19)26-20(23)16-7-3-4-8-17(16)21(24)25/h1-11H. The van der Waals surface area contributed by atoms with Crippen LogP contribution in [-0.2, 0) is 0 Å². The van der Waals surface area contributed by atoms with Crippen LogP contribution < -0.4 is 10.4 Å². The number of hydrogen-bond acceptors (Lipinski definition) is 6. The van der Waals surface area contributed by atoms with Crippen LogP contribution in [0.2, 0.25) is 0 Å². The van der Waals surface area contributed by atoms with Gasteiger partial charge in [0.2, 0.25) is 0 Å². The molecule has 0 unspecified atom stereocenters. The van der Waals surface area contributed by atoms with Crippen LogP contribution in [-0.4, -0.2) is 10.9 Å². The summed E-state index contributed by atoms with van der Waals surface area (Å²) in [5, 5.41) is 12.9. The van der Waals surface area contributed by atoms with E-state index < -0.39 is 16.5 Å². The minimum absolute atomic E-state index is 0.115. The van der Waals surface area contributed by atoms with E-state index in [1.165, 1.54) is 30.3 Å². The molecule has 0 radical (unpaired) electrons. The van der Waals surface area contributed by atoms with E-state index in [1.54, 1.807) is 30.3 Å². The molecule has 27 heavy (non-hydrogen) atoms. The SMILES string of the molecule is O=C(Oc1ccc2c(c1)oc(=O)c1ccccc12)c1ccccc1[N+](=O)[O-]. The molecule has 4 aromatic rings. The number of nitro benzene ring substituents is 1. The lowest BCUT2D eigenvalue weighted by Crippen LogP contribution is -2.11. The summed E-state index contributed by atoms with van der Waals surface area (Å²) in [6.45, 7) is 0. The molecule has 3 aromatic carbocycles. The fourth-order valence-corrected chi connectivity index (χ4v) is 2.89. The number of nitro groups is 1. The van der Waals surface area contributed by atoms with Gasteiger partial charge in [0, 0.05) is 17.5 Å². The fraction of sp³-hybridized carbons (Fsp3) is 0. The number of benzene rings is 3. The van der Waals surface area contributed by atoms with Crippen LogP contribution in [0.1, 0.15) is 10.4 Å². The predicted octanol–water partition coefficient (Wildman–Crippen LogP) is 4.07. The largest absolute Gasteiger partial charge is 0.423 e. The second-order valence-electron chi connectivity index (χ2n) is 5.76. The van der Waals surface area contributed by atoms with Crippen LogP contribution in [0.4, 0.5) is 5.69 Å². The van der Waals surface area contributed by atoms with Crippen LogP contribution >= 0.6 is 0 Å². The van der Waals surface area contributed by atoms with Crippen molar-refractivity contribution in [2.75, 3.05) is 0 Å². The van der Waals surface area contributed by atoms with E-state index in [0.29, 0.717) is 10.8 Å². The predicted molar refractivity (Wildman–Crippen MR) is 98.0 cm³/mol. The van der Waals surface area contributed by atoms with E-state index in [4.69, 9.17) is 9.15 Å². The molecular weight excluding hydrogens is 350 g/mol. The van der Waals surface area contributed by atoms with E-state index in [2.05, 4.69) is 0 Å². The summed E-state index contributed by atoms with van der Waals surface area (Å²) < 4.78 is 10.6. The fourth-order valence-electron chi connectivity index (χ4n) is 2.89. The molecule has 0 atom stereocenters. The molecule has 0 saturated heterocycles. The quantitative estimate of drug-likeness (QED) is 0.136. The molecule has 4 rings (SSSR count). The molecule has 0 spiro atoms. The lowest BCUT2D eigenvalue weighted by atomic mass is 10.1. The molecule has 0 fully saturated rings. The molecule has 0 saturated carbocycles. The highest BCUT2D eigenvalue weighted by atomic mass is 16.6. The number of rotatable bonds is 3. The van der Waals surface area contributed by atoms with Gasteiger partial charge >= 0.3 is 11.6 Å². The van der Waals surface area contributed by atoms with Gasteiger partial charge in [-0.05, 0) is 29.7 Å². The Morgan fingerprint density at radius 1 is 0.926 bits per heavy atom. The smallest absolute Gasteiger partial charge is 0.350 e. The zero-order valence-corrected chi connectivity index (χ0v) is 13.7.